The standard InChI is InChI=1S/C13H16O3/c1-4-12(14)10-6-9(3)7-11(8-10)13(15)16-5-2/h6-8H,4-5H2,1-3H3. The van der Waals surface area contributed by atoms with Gasteiger partial charge < -0.3 is 4.74 Å². The molecule has 3 heteroatoms. The molecule has 1 rings (SSSR count). The molecule has 0 aliphatic carbocycles. The minimum absolute atomic E-state index is 0.0363. The number of esters is 1. The Morgan fingerprint density at radius 2 is 1.75 bits per heavy atom. The molecule has 0 atom stereocenters. The van der Waals surface area contributed by atoms with Crippen LogP contribution in [0.4, 0.5) is 0 Å². The summed E-state index contributed by atoms with van der Waals surface area (Å²) in [5, 5.41) is 0. The van der Waals surface area contributed by atoms with Gasteiger partial charge in [0.1, 0.15) is 0 Å². The number of carbonyl (C=O) groups excluding carboxylic acids is 2. The van der Waals surface area contributed by atoms with E-state index in [1.54, 1.807) is 32.0 Å². The van der Waals surface area contributed by atoms with E-state index < -0.39 is 0 Å². The lowest BCUT2D eigenvalue weighted by atomic mass is 10.0. The molecule has 0 N–H and O–H groups in total. The lowest BCUT2D eigenvalue weighted by Crippen LogP contribution is -2.07. The van der Waals surface area contributed by atoms with Crippen LogP contribution in [-0.4, -0.2) is 18.4 Å². The number of aryl methyl sites for hydroxylation is 1. The summed E-state index contributed by atoms with van der Waals surface area (Å²) >= 11 is 0. The summed E-state index contributed by atoms with van der Waals surface area (Å²) < 4.78 is 4.90. The highest BCUT2D eigenvalue weighted by atomic mass is 16.5. The van der Waals surface area contributed by atoms with Gasteiger partial charge in [0.2, 0.25) is 0 Å². The van der Waals surface area contributed by atoms with E-state index in [9.17, 15) is 9.59 Å². The molecule has 1 aromatic carbocycles. The molecule has 86 valence electrons. The molecule has 0 spiro atoms. The SMILES string of the molecule is CCOC(=O)c1cc(C)cc(C(=O)CC)c1. The Morgan fingerprint density at radius 1 is 1.12 bits per heavy atom. The third kappa shape index (κ3) is 2.92. The third-order valence-corrected chi connectivity index (χ3v) is 2.23. The monoisotopic (exact) mass is 220 g/mol. The second-order valence-electron chi connectivity index (χ2n) is 3.58. The number of ether oxygens (including phenoxy) is 1. The predicted octanol–water partition coefficient (Wildman–Crippen LogP) is 2.76. The summed E-state index contributed by atoms with van der Waals surface area (Å²) in [6, 6.07) is 5.11. The molecule has 0 amide bonds. The average molecular weight is 220 g/mol. The van der Waals surface area contributed by atoms with E-state index in [1.165, 1.54) is 0 Å². The Balaban J connectivity index is 3.07. The summed E-state index contributed by atoms with van der Waals surface area (Å²) in [6.45, 7) is 5.75. The fraction of sp³-hybridized carbons (Fsp3) is 0.385. The van der Waals surface area contributed by atoms with Crippen LogP contribution >= 0.6 is 0 Å². The average Bonchev–Trinajstić information content (AvgIpc) is 2.27. The topological polar surface area (TPSA) is 43.4 Å². The molecule has 0 fully saturated rings. The van der Waals surface area contributed by atoms with E-state index >= 15 is 0 Å². The quantitative estimate of drug-likeness (QED) is 0.579. The zero-order chi connectivity index (χ0) is 12.1. The molecule has 16 heavy (non-hydrogen) atoms. The Hall–Kier alpha value is -1.64. The maximum absolute atomic E-state index is 11.5. The summed E-state index contributed by atoms with van der Waals surface area (Å²) in [4.78, 5) is 23.1. The summed E-state index contributed by atoms with van der Waals surface area (Å²) in [7, 11) is 0. The number of Topliss-reactive ketones (excluding diaryl/α,β-unsaturated/α-hetero) is 1. The molecular weight excluding hydrogens is 204 g/mol. The molecule has 3 nitrogen and oxygen atoms in total. The van der Waals surface area contributed by atoms with Crippen molar-refractivity contribution in [2.24, 2.45) is 0 Å². The first kappa shape index (κ1) is 12.4. The van der Waals surface area contributed by atoms with Crippen LogP contribution in [0.3, 0.4) is 0 Å². The summed E-state index contributed by atoms with van der Waals surface area (Å²) in [5.41, 5.74) is 1.91. The van der Waals surface area contributed by atoms with Crippen LogP contribution in [0.1, 0.15) is 46.5 Å². The first-order valence-electron chi connectivity index (χ1n) is 5.40. The molecule has 0 heterocycles. The molecule has 1 aromatic rings. The van der Waals surface area contributed by atoms with Gasteiger partial charge >= 0.3 is 5.97 Å². The smallest absolute Gasteiger partial charge is 0.338 e. The van der Waals surface area contributed by atoms with Gasteiger partial charge in [0.05, 0.1) is 12.2 Å². The van der Waals surface area contributed by atoms with Crippen LogP contribution < -0.4 is 0 Å². The Kier molecular flexibility index (Phi) is 4.23. The van der Waals surface area contributed by atoms with Crippen LogP contribution in [0.2, 0.25) is 0 Å². The molecule has 0 bridgehead atoms. The van der Waals surface area contributed by atoms with Crippen molar-refractivity contribution < 1.29 is 14.3 Å². The highest BCUT2D eigenvalue weighted by Crippen LogP contribution is 2.12. The van der Waals surface area contributed by atoms with Crippen molar-refractivity contribution in [1.29, 1.82) is 0 Å². The second kappa shape index (κ2) is 5.45. The lowest BCUT2D eigenvalue weighted by molar-refractivity contribution is 0.0526. The van der Waals surface area contributed by atoms with Gasteiger partial charge in [-0.3, -0.25) is 4.79 Å². The van der Waals surface area contributed by atoms with Gasteiger partial charge in [0.15, 0.2) is 5.78 Å². The van der Waals surface area contributed by atoms with Crippen LogP contribution in [0.25, 0.3) is 0 Å². The normalized spacial score (nSPS) is 9.94. The first-order valence-corrected chi connectivity index (χ1v) is 5.40. The van der Waals surface area contributed by atoms with Gasteiger partial charge in [-0.2, -0.15) is 0 Å². The maximum atomic E-state index is 11.5. The van der Waals surface area contributed by atoms with E-state index in [0.717, 1.165) is 5.56 Å². The van der Waals surface area contributed by atoms with Crippen molar-refractivity contribution in [3.05, 3.63) is 34.9 Å². The predicted molar refractivity (Wildman–Crippen MR) is 61.8 cm³/mol. The molecule has 0 aliphatic rings. The molecule has 0 unspecified atom stereocenters. The fourth-order valence-corrected chi connectivity index (χ4v) is 1.48. The molecule has 0 radical (unpaired) electrons. The van der Waals surface area contributed by atoms with Crippen LogP contribution in [0.15, 0.2) is 18.2 Å². The molecule has 0 saturated heterocycles. The Labute approximate surface area is 95.4 Å². The lowest BCUT2D eigenvalue weighted by Gasteiger charge is -2.05. The first-order chi connectivity index (χ1) is 7.58. The van der Waals surface area contributed by atoms with Crippen molar-refractivity contribution in [2.75, 3.05) is 6.61 Å². The number of rotatable bonds is 4. The minimum atomic E-state index is -0.378. The number of ketones is 1. The number of benzene rings is 1. The van der Waals surface area contributed by atoms with Crippen LogP contribution in [0.5, 0.6) is 0 Å². The number of hydrogen-bond donors (Lipinski definition) is 0. The van der Waals surface area contributed by atoms with Gasteiger partial charge in [-0.1, -0.05) is 6.92 Å². The Morgan fingerprint density at radius 3 is 2.31 bits per heavy atom. The van der Waals surface area contributed by atoms with Gasteiger partial charge in [-0.05, 0) is 37.6 Å². The van der Waals surface area contributed by atoms with E-state index in [1.807, 2.05) is 6.92 Å². The van der Waals surface area contributed by atoms with E-state index in [-0.39, 0.29) is 11.8 Å². The minimum Gasteiger partial charge on any atom is -0.462 e. The van der Waals surface area contributed by atoms with Gasteiger partial charge in [-0.25, -0.2) is 4.79 Å². The summed E-state index contributed by atoms with van der Waals surface area (Å²) in [6.07, 6.45) is 0.436. The molecule has 0 saturated carbocycles. The Bertz CT molecular complexity index is 408. The van der Waals surface area contributed by atoms with Crippen LogP contribution in [-0.2, 0) is 4.74 Å². The summed E-state index contributed by atoms with van der Waals surface area (Å²) in [5.74, 6) is -0.342. The molecule has 0 aromatic heterocycles. The van der Waals surface area contributed by atoms with E-state index in [2.05, 4.69) is 0 Å². The van der Waals surface area contributed by atoms with Crippen LogP contribution in [0, 0.1) is 6.92 Å². The van der Waals surface area contributed by atoms with Gasteiger partial charge in [-0.15, -0.1) is 0 Å². The van der Waals surface area contributed by atoms with Gasteiger partial charge in [0.25, 0.3) is 0 Å². The van der Waals surface area contributed by atoms with Crippen molar-refractivity contribution in [3.8, 4) is 0 Å². The third-order valence-electron chi connectivity index (χ3n) is 2.23. The van der Waals surface area contributed by atoms with Gasteiger partial charge in [0, 0.05) is 12.0 Å². The number of hydrogen-bond acceptors (Lipinski definition) is 3. The van der Waals surface area contributed by atoms with Crippen molar-refractivity contribution in [3.63, 3.8) is 0 Å². The maximum Gasteiger partial charge on any atom is 0.338 e. The highest BCUT2D eigenvalue weighted by Gasteiger charge is 2.11. The zero-order valence-corrected chi connectivity index (χ0v) is 9.87. The van der Waals surface area contributed by atoms with E-state index in [4.69, 9.17) is 4.74 Å². The second-order valence-corrected chi connectivity index (χ2v) is 3.58. The van der Waals surface area contributed by atoms with E-state index in [0.29, 0.717) is 24.2 Å². The van der Waals surface area contributed by atoms with Crippen molar-refractivity contribution >= 4 is 11.8 Å². The highest BCUT2D eigenvalue weighted by molar-refractivity contribution is 5.99. The molecular formula is C13H16O3. The van der Waals surface area contributed by atoms with Crippen molar-refractivity contribution in [2.45, 2.75) is 27.2 Å². The number of carbonyl (C=O) groups is 2. The fourth-order valence-electron chi connectivity index (χ4n) is 1.48. The van der Waals surface area contributed by atoms with Crippen molar-refractivity contribution in [1.82, 2.24) is 0 Å². The largest absolute Gasteiger partial charge is 0.462 e. The zero-order valence-electron chi connectivity index (χ0n) is 9.87. The molecule has 0 aliphatic heterocycles.